The summed E-state index contributed by atoms with van der Waals surface area (Å²) < 4.78 is 0. The van der Waals surface area contributed by atoms with Gasteiger partial charge < -0.3 is 9.80 Å². The first-order valence-corrected chi connectivity index (χ1v) is 9.52. The summed E-state index contributed by atoms with van der Waals surface area (Å²) in [4.78, 5) is 27.3. The summed E-state index contributed by atoms with van der Waals surface area (Å²) in [5.74, 6) is 0.103. The zero-order valence-electron chi connectivity index (χ0n) is 15.3. The molecule has 27 heavy (non-hydrogen) atoms. The van der Waals surface area contributed by atoms with Crippen molar-refractivity contribution in [3.8, 4) is 0 Å². The SMILES string of the molecule is O=C(c1ccc2c(c1)CCCC2)N1CCN(c2ccc([N+](=O)[O-])cc2)CC1. The molecule has 2 aromatic rings. The highest BCUT2D eigenvalue weighted by molar-refractivity contribution is 5.94. The molecule has 1 saturated heterocycles. The Labute approximate surface area is 158 Å². The molecule has 0 spiro atoms. The van der Waals surface area contributed by atoms with E-state index >= 15 is 0 Å². The fourth-order valence-electron chi connectivity index (χ4n) is 4.00. The van der Waals surface area contributed by atoms with Gasteiger partial charge in [-0.25, -0.2) is 0 Å². The van der Waals surface area contributed by atoms with Gasteiger partial charge in [0.15, 0.2) is 0 Å². The van der Waals surface area contributed by atoms with Crippen LogP contribution in [0.3, 0.4) is 0 Å². The number of nitro groups is 1. The Bertz CT molecular complexity index is 855. The number of carbonyl (C=O) groups excluding carboxylic acids is 1. The van der Waals surface area contributed by atoms with Crippen LogP contribution >= 0.6 is 0 Å². The minimum absolute atomic E-state index is 0.0972. The van der Waals surface area contributed by atoms with E-state index in [2.05, 4.69) is 17.0 Å². The predicted octanol–water partition coefficient (Wildman–Crippen LogP) is 3.44. The highest BCUT2D eigenvalue weighted by Crippen LogP contribution is 2.24. The van der Waals surface area contributed by atoms with Crippen molar-refractivity contribution in [3.05, 3.63) is 69.3 Å². The molecule has 1 fully saturated rings. The van der Waals surface area contributed by atoms with Gasteiger partial charge in [0.05, 0.1) is 4.92 Å². The van der Waals surface area contributed by atoms with Crippen LogP contribution in [-0.4, -0.2) is 41.9 Å². The largest absolute Gasteiger partial charge is 0.368 e. The van der Waals surface area contributed by atoms with Crippen LogP contribution in [0.2, 0.25) is 0 Å². The van der Waals surface area contributed by atoms with Crippen LogP contribution < -0.4 is 4.90 Å². The second-order valence-electron chi connectivity index (χ2n) is 7.24. The summed E-state index contributed by atoms with van der Waals surface area (Å²) in [5.41, 5.74) is 4.57. The average Bonchev–Trinajstić information content (AvgIpc) is 2.73. The van der Waals surface area contributed by atoms with E-state index in [0.717, 1.165) is 37.2 Å². The van der Waals surface area contributed by atoms with E-state index in [4.69, 9.17) is 0 Å². The van der Waals surface area contributed by atoms with Gasteiger partial charge in [-0.15, -0.1) is 0 Å². The first-order valence-electron chi connectivity index (χ1n) is 9.52. The van der Waals surface area contributed by atoms with Crippen molar-refractivity contribution < 1.29 is 9.72 Å². The molecule has 0 N–H and O–H groups in total. The zero-order chi connectivity index (χ0) is 18.8. The Kier molecular flexibility index (Phi) is 4.79. The lowest BCUT2D eigenvalue weighted by atomic mass is 9.90. The second-order valence-corrected chi connectivity index (χ2v) is 7.24. The summed E-state index contributed by atoms with van der Waals surface area (Å²) >= 11 is 0. The topological polar surface area (TPSA) is 66.7 Å². The van der Waals surface area contributed by atoms with E-state index < -0.39 is 0 Å². The third-order valence-corrected chi connectivity index (χ3v) is 5.59. The average molecular weight is 365 g/mol. The van der Waals surface area contributed by atoms with Crippen LogP contribution in [-0.2, 0) is 12.8 Å². The first-order chi connectivity index (χ1) is 13.1. The lowest BCUT2D eigenvalue weighted by Crippen LogP contribution is -2.48. The molecule has 1 aliphatic carbocycles. The highest BCUT2D eigenvalue weighted by atomic mass is 16.6. The minimum Gasteiger partial charge on any atom is -0.368 e. The fraction of sp³-hybridized carbons (Fsp3) is 0.381. The second kappa shape index (κ2) is 7.39. The van der Waals surface area contributed by atoms with E-state index in [1.165, 1.54) is 36.1 Å². The smallest absolute Gasteiger partial charge is 0.269 e. The monoisotopic (exact) mass is 365 g/mol. The summed E-state index contributed by atoms with van der Waals surface area (Å²) in [6, 6.07) is 12.8. The van der Waals surface area contributed by atoms with E-state index in [9.17, 15) is 14.9 Å². The Morgan fingerprint density at radius 1 is 0.889 bits per heavy atom. The number of hydrogen-bond donors (Lipinski definition) is 0. The molecule has 0 radical (unpaired) electrons. The number of fused-ring (bicyclic) bond motifs is 1. The molecule has 6 nitrogen and oxygen atoms in total. The highest BCUT2D eigenvalue weighted by Gasteiger charge is 2.23. The molecule has 2 aliphatic rings. The van der Waals surface area contributed by atoms with Gasteiger partial charge in [0, 0.05) is 49.6 Å². The number of non-ortho nitro benzene ring substituents is 1. The maximum atomic E-state index is 12.9. The molecule has 140 valence electrons. The van der Waals surface area contributed by atoms with E-state index in [1.807, 2.05) is 11.0 Å². The molecule has 0 unspecified atom stereocenters. The number of aryl methyl sites for hydroxylation is 2. The summed E-state index contributed by atoms with van der Waals surface area (Å²) in [6.07, 6.45) is 4.64. The molecule has 4 rings (SSSR count). The molecule has 0 saturated carbocycles. The van der Waals surface area contributed by atoms with Gasteiger partial charge in [-0.1, -0.05) is 6.07 Å². The minimum atomic E-state index is -0.390. The third kappa shape index (κ3) is 3.65. The Morgan fingerprint density at radius 3 is 2.22 bits per heavy atom. The number of nitro benzene ring substituents is 1. The summed E-state index contributed by atoms with van der Waals surface area (Å²) in [6.45, 7) is 2.78. The number of carbonyl (C=O) groups is 1. The molecule has 0 atom stereocenters. The fourth-order valence-corrected chi connectivity index (χ4v) is 4.00. The summed E-state index contributed by atoms with van der Waals surface area (Å²) in [7, 11) is 0. The maximum Gasteiger partial charge on any atom is 0.269 e. The van der Waals surface area contributed by atoms with Crippen LogP contribution in [0.15, 0.2) is 42.5 Å². The normalized spacial score (nSPS) is 16.7. The lowest BCUT2D eigenvalue weighted by molar-refractivity contribution is -0.384. The maximum absolute atomic E-state index is 12.9. The van der Waals surface area contributed by atoms with Crippen molar-refractivity contribution in [2.75, 3.05) is 31.1 Å². The molecule has 2 aromatic carbocycles. The predicted molar refractivity (Wildman–Crippen MR) is 104 cm³/mol. The molecule has 0 bridgehead atoms. The molecule has 1 amide bonds. The quantitative estimate of drug-likeness (QED) is 0.617. The van der Waals surface area contributed by atoms with Crippen molar-refractivity contribution in [1.29, 1.82) is 0 Å². The van der Waals surface area contributed by atoms with Crippen LogP contribution in [0, 0.1) is 10.1 Å². The first kappa shape index (κ1) is 17.5. The molecular formula is C21H23N3O3. The van der Waals surface area contributed by atoms with E-state index in [-0.39, 0.29) is 16.5 Å². The standard InChI is InChI=1S/C21H23N3O3/c25-21(18-6-5-16-3-1-2-4-17(16)15-18)23-13-11-22(12-14-23)19-7-9-20(10-8-19)24(26)27/h5-10,15H,1-4,11-14H2. The third-order valence-electron chi connectivity index (χ3n) is 5.59. The number of nitrogens with zero attached hydrogens (tertiary/aromatic N) is 3. The van der Waals surface area contributed by atoms with Crippen LogP contribution in [0.1, 0.15) is 34.3 Å². The van der Waals surface area contributed by atoms with Crippen LogP contribution in [0.4, 0.5) is 11.4 Å². The van der Waals surface area contributed by atoms with Gasteiger partial charge in [0.1, 0.15) is 0 Å². The molecular weight excluding hydrogens is 342 g/mol. The van der Waals surface area contributed by atoms with Crippen molar-refractivity contribution in [3.63, 3.8) is 0 Å². The zero-order valence-corrected chi connectivity index (χ0v) is 15.3. The molecule has 6 heteroatoms. The van der Waals surface area contributed by atoms with Gasteiger partial charge in [-0.05, 0) is 61.1 Å². The molecule has 1 aliphatic heterocycles. The van der Waals surface area contributed by atoms with Crippen molar-refractivity contribution >= 4 is 17.3 Å². The number of amides is 1. The molecule has 1 heterocycles. The van der Waals surface area contributed by atoms with Gasteiger partial charge in [-0.2, -0.15) is 0 Å². The Hall–Kier alpha value is -2.89. The molecule has 0 aromatic heterocycles. The number of benzene rings is 2. The van der Waals surface area contributed by atoms with Crippen molar-refractivity contribution in [2.24, 2.45) is 0 Å². The van der Waals surface area contributed by atoms with Crippen LogP contribution in [0.5, 0.6) is 0 Å². The number of piperazine rings is 1. The Morgan fingerprint density at radius 2 is 1.56 bits per heavy atom. The number of hydrogen-bond acceptors (Lipinski definition) is 4. The van der Waals surface area contributed by atoms with Gasteiger partial charge >= 0.3 is 0 Å². The lowest BCUT2D eigenvalue weighted by Gasteiger charge is -2.36. The van der Waals surface area contributed by atoms with Crippen molar-refractivity contribution in [1.82, 2.24) is 4.90 Å². The number of anilines is 1. The van der Waals surface area contributed by atoms with Crippen molar-refractivity contribution in [2.45, 2.75) is 25.7 Å². The van der Waals surface area contributed by atoms with E-state index in [1.54, 1.807) is 12.1 Å². The van der Waals surface area contributed by atoms with Gasteiger partial charge in [0.25, 0.3) is 11.6 Å². The number of rotatable bonds is 3. The summed E-state index contributed by atoms with van der Waals surface area (Å²) in [5, 5.41) is 10.8. The van der Waals surface area contributed by atoms with Crippen LogP contribution in [0.25, 0.3) is 0 Å². The Balaban J connectivity index is 1.40. The van der Waals surface area contributed by atoms with E-state index in [0.29, 0.717) is 13.1 Å². The van der Waals surface area contributed by atoms with Gasteiger partial charge in [0.2, 0.25) is 0 Å². The van der Waals surface area contributed by atoms with Gasteiger partial charge in [-0.3, -0.25) is 14.9 Å².